The molecule has 2 heterocycles. The molecule has 0 bridgehead atoms. The smallest absolute Gasteiger partial charge is 0.272 e. The third-order valence-electron chi connectivity index (χ3n) is 2.32. The highest BCUT2D eigenvalue weighted by molar-refractivity contribution is 7.12. The van der Waals surface area contributed by atoms with E-state index in [1.165, 1.54) is 11.3 Å². The largest absolute Gasteiger partial charge is 0.384 e. The predicted molar refractivity (Wildman–Crippen MR) is 72.7 cm³/mol. The van der Waals surface area contributed by atoms with Crippen LogP contribution in [0.1, 0.15) is 20.2 Å². The van der Waals surface area contributed by atoms with E-state index in [0.29, 0.717) is 12.2 Å². The maximum atomic E-state index is 11.8. The number of aryl methyl sites for hydroxylation is 1. The van der Waals surface area contributed by atoms with E-state index in [1.807, 2.05) is 12.1 Å². The number of aromatic nitrogens is 2. The summed E-state index contributed by atoms with van der Waals surface area (Å²) in [5.74, 6) is 5.22. The monoisotopic (exact) mass is 275 g/mol. The van der Waals surface area contributed by atoms with Gasteiger partial charge in [0.2, 0.25) is 0 Å². The van der Waals surface area contributed by atoms with Crippen molar-refractivity contribution in [3.05, 3.63) is 39.8 Å². The molecular weight excluding hydrogens is 262 g/mol. The van der Waals surface area contributed by atoms with Crippen LogP contribution in [0, 0.1) is 11.8 Å². The molecule has 0 aliphatic carbocycles. The maximum Gasteiger partial charge on any atom is 0.272 e. The fourth-order valence-electron chi connectivity index (χ4n) is 1.46. The van der Waals surface area contributed by atoms with Crippen LogP contribution in [0.15, 0.2) is 24.4 Å². The van der Waals surface area contributed by atoms with Crippen LogP contribution in [-0.4, -0.2) is 27.4 Å². The zero-order valence-electron chi connectivity index (χ0n) is 10.4. The van der Waals surface area contributed by atoms with Crippen LogP contribution < -0.4 is 5.32 Å². The quantitative estimate of drug-likeness (QED) is 0.813. The van der Waals surface area contributed by atoms with Crippen molar-refractivity contribution < 1.29 is 9.90 Å². The van der Waals surface area contributed by atoms with Crippen molar-refractivity contribution in [3.63, 3.8) is 0 Å². The molecule has 2 rings (SSSR count). The highest BCUT2D eigenvalue weighted by Gasteiger charge is 2.08. The number of nitrogens with zero attached hydrogens (tertiary/aromatic N) is 2. The summed E-state index contributed by atoms with van der Waals surface area (Å²) in [6, 6.07) is 5.45. The predicted octanol–water partition coefficient (Wildman–Crippen LogP) is 0.755. The van der Waals surface area contributed by atoms with Crippen LogP contribution in [0.3, 0.4) is 0 Å². The van der Waals surface area contributed by atoms with E-state index in [2.05, 4.69) is 22.3 Å². The molecule has 0 aliphatic rings. The summed E-state index contributed by atoms with van der Waals surface area (Å²) in [6.07, 6.45) is 1.72. The molecule has 19 heavy (non-hydrogen) atoms. The fourth-order valence-corrected chi connectivity index (χ4v) is 2.28. The Balaban J connectivity index is 1.92. The van der Waals surface area contributed by atoms with Gasteiger partial charge in [0.25, 0.3) is 5.91 Å². The number of aliphatic hydroxyl groups is 1. The van der Waals surface area contributed by atoms with Gasteiger partial charge in [-0.15, -0.1) is 11.3 Å². The Labute approximate surface area is 114 Å². The standard InChI is InChI=1S/C13H13N3O2S/c1-16-7-6-12(15-16)13(18)14-9-11-5-4-10(19-11)3-2-8-17/h4-7,17H,8-9H2,1H3,(H,14,18). The molecule has 98 valence electrons. The number of thiophene rings is 1. The summed E-state index contributed by atoms with van der Waals surface area (Å²) in [7, 11) is 1.77. The SMILES string of the molecule is Cn1ccc(C(=O)NCc2ccc(C#CCO)s2)n1. The lowest BCUT2D eigenvalue weighted by atomic mass is 10.4. The minimum absolute atomic E-state index is 0.149. The van der Waals surface area contributed by atoms with E-state index in [9.17, 15) is 4.79 Å². The van der Waals surface area contributed by atoms with Crippen LogP contribution in [0.4, 0.5) is 0 Å². The Kier molecular flexibility index (Phi) is 4.34. The first-order valence-electron chi connectivity index (χ1n) is 5.65. The Hall–Kier alpha value is -2.10. The van der Waals surface area contributed by atoms with Gasteiger partial charge in [-0.25, -0.2) is 0 Å². The summed E-state index contributed by atoms with van der Waals surface area (Å²) in [6.45, 7) is 0.296. The lowest BCUT2D eigenvalue weighted by Gasteiger charge is -2.00. The third kappa shape index (κ3) is 3.68. The lowest BCUT2D eigenvalue weighted by Crippen LogP contribution is -2.22. The molecule has 0 atom stereocenters. The first-order chi connectivity index (χ1) is 9.19. The summed E-state index contributed by atoms with van der Waals surface area (Å²) in [5.41, 5.74) is 0.402. The molecule has 0 unspecified atom stereocenters. The van der Waals surface area contributed by atoms with Crippen LogP contribution >= 0.6 is 11.3 Å². The summed E-state index contributed by atoms with van der Waals surface area (Å²) in [4.78, 5) is 13.6. The van der Waals surface area contributed by atoms with Crippen molar-refractivity contribution >= 4 is 17.2 Å². The van der Waals surface area contributed by atoms with Gasteiger partial charge < -0.3 is 10.4 Å². The minimum Gasteiger partial charge on any atom is -0.384 e. The number of rotatable bonds is 3. The van der Waals surface area contributed by atoms with Crippen molar-refractivity contribution in [1.29, 1.82) is 0 Å². The number of hydrogen-bond acceptors (Lipinski definition) is 4. The van der Waals surface area contributed by atoms with Crippen molar-refractivity contribution in [3.8, 4) is 11.8 Å². The van der Waals surface area contributed by atoms with Gasteiger partial charge in [0.15, 0.2) is 0 Å². The number of nitrogens with one attached hydrogen (secondary N) is 1. The van der Waals surface area contributed by atoms with E-state index in [0.717, 1.165) is 9.75 Å². The van der Waals surface area contributed by atoms with Gasteiger partial charge in [0, 0.05) is 18.1 Å². The first-order valence-corrected chi connectivity index (χ1v) is 6.47. The van der Waals surface area contributed by atoms with E-state index in [-0.39, 0.29) is 12.5 Å². The molecule has 0 radical (unpaired) electrons. The zero-order chi connectivity index (χ0) is 13.7. The number of hydrogen-bond donors (Lipinski definition) is 2. The van der Waals surface area contributed by atoms with E-state index >= 15 is 0 Å². The Morgan fingerprint density at radius 1 is 1.53 bits per heavy atom. The summed E-state index contributed by atoms with van der Waals surface area (Å²) in [5, 5.41) is 15.4. The molecule has 2 aromatic heterocycles. The molecular formula is C13H13N3O2S. The van der Waals surface area contributed by atoms with Gasteiger partial charge in [-0.1, -0.05) is 11.8 Å². The van der Waals surface area contributed by atoms with Crippen LogP contribution in [-0.2, 0) is 13.6 Å². The van der Waals surface area contributed by atoms with Gasteiger partial charge in [0.1, 0.15) is 12.3 Å². The highest BCUT2D eigenvalue weighted by Crippen LogP contribution is 2.15. The average molecular weight is 275 g/mol. The summed E-state index contributed by atoms with van der Waals surface area (Å²) < 4.78 is 1.59. The number of amides is 1. The molecule has 1 amide bonds. The molecule has 0 saturated heterocycles. The van der Waals surface area contributed by atoms with E-state index < -0.39 is 0 Å². The molecule has 0 spiro atoms. The van der Waals surface area contributed by atoms with Gasteiger partial charge in [-0.05, 0) is 18.2 Å². The molecule has 6 heteroatoms. The average Bonchev–Trinajstić information content (AvgIpc) is 3.02. The number of carbonyl (C=O) groups is 1. The Morgan fingerprint density at radius 2 is 2.37 bits per heavy atom. The molecule has 0 fully saturated rings. The maximum absolute atomic E-state index is 11.8. The van der Waals surface area contributed by atoms with Crippen LogP contribution in [0.2, 0.25) is 0 Å². The molecule has 0 saturated carbocycles. The first kappa shape index (κ1) is 13.3. The second kappa shape index (κ2) is 6.18. The summed E-state index contributed by atoms with van der Waals surface area (Å²) >= 11 is 1.49. The normalized spacial score (nSPS) is 9.79. The van der Waals surface area contributed by atoms with Crippen LogP contribution in [0.25, 0.3) is 0 Å². The second-order valence-electron chi connectivity index (χ2n) is 3.78. The molecule has 0 aliphatic heterocycles. The van der Waals surface area contributed by atoms with Crippen molar-refractivity contribution in [2.24, 2.45) is 7.05 Å². The Bertz CT molecular complexity index is 634. The lowest BCUT2D eigenvalue weighted by molar-refractivity contribution is 0.0945. The zero-order valence-corrected chi connectivity index (χ0v) is 11.2. The molecule has 2 aromatic rings. The van der Waals surface area contributed by atoms with Crippen molar-refractivity contribution in [2.45, 2.75) is 6.54 Å². The van der Waals surface area contributed by atoms with Crippen molar-refractivity contribution in [2.75, 3.05) is 6.61 Å². The topological polar surface area (TPSA) is 67.2 Å². The van der Waals surface area contributed by atoms with Crippen molar-refractivity contribution in [1.82, 2.24) is 15.1 Å². The minimum atomic E-state index is -0.197. The molecule has 5 nitrogen and oxygen atoms in total. The van der Waals surface area contributed by atoms with Gasteiger partial charge >= 0.3 is 0 Å². The highest BCUT2D eigenvalue weighted by atomic mass is 32.1. The van der Waals surface area contributed by atoms with Gasteiger partial charge in [-0.3, -0.25) is 9.48 Å². The second-order valence-corrected chi connectivity index (χ2v) is 4.95. The fraction of sp³-hybridized carbons (Fsp3) is 0.231. The van der Waals surface area contributed by atoms with E-state index in [1.54, 1.807) is 24.0 Å². The molecule has 0 aromatic carbocycles. The van der Waals surface area contributed by atoms with Crippen LogP contribution in [0.5, 0.6) is 0 Å². The number of aliphatic hydroxyl groups excluding tert-OH is 1. The molecule has 2 N–H and O–H groups in total. The Morgan fingerprint density at radius 3 is 3.05 bits per heavy atom. The van der Waals surface area contributed by atoms with Gasteiger partial charge in [-0.2, -0.15) is 5.10 Å². The van der Waals surface area contributed by atoms with Gasteiger partial charge in [0.05, 0.1) is 11.4 Å². The third-order valence-corrected chi connectivity index (χ3v) is 3.32. The number of carbonyl (C=O) groups excluding carboxylic acids is 1. The van der Waals surface area contributed by atoms with E-state index in [4.69, 9.17) is 5.11 Å².